The standard InChI is InChI=1S/C37H48N2O6/c1-3-5-7-9-11-16-24-43-33-26-31(27-34(35(33)40)44-25-17-12-10-8-6-4-2)36(41)39-38-28-29-20-22-32(23-21-29)45-37(42)30-18-14-13-15-19-30/h13-15,18-23,26-28,40H,3-12,16-17,24-25H2,1-2H3,(H,39,41)/b38-28+. The predicted molar refractivity (Wildman–Crippen MR) is 179 cm³/mol. The molecule has 242 valence electrons. The zero-order valence-corrected chi connectivity index (χ0v) is 26.8. The minimum Gasteiger partial charge on any atom is -0.502 e. The Labute approximate surface area is 267 Å². The number of hydrogen-bond donors (Lipinski definition) is 2. The van der Waals surface area contributed by atoms with Crippen molar-refractivity contribution in [3.8, 4) is 23.0 Å². The van der Waals surface area contributed by atoms with Gasteiger partial charge in [0.2, 0.25) is 5.75 Å². The van der Waals surface area contributed by atoms with Crippen molar-refractivity contribution in [2.45, 2.75) is 90.9 Å². The summed E-state index contributed by atoms with van der Waals surface area (Å²) in [6.07, 6.45) is 14.9. The summed E-state index contributed by atoms with van der Waals surface area (Å²) < 4.78 is 17.2. The molecular weight excluding hydrogens is 568 g/mol. The van der Waals surface area contributed by atoms with E-state index in [-0.39, 0.29) is 22.8 Å². The second-order valence-electron chi connectivity index (χ2n) is 11.1. The van der Waals surface area contributed by atoms with E-state index >= 15 is 0 Å². The number of hydrogen-bond acceptors (Lipinski definition) is 7. The topological polar surface area (TPSA) is 106 Å². The maximum atomic E-state index is 13.0. The molecule has 0 aliphatic rings. The molecule has 0 aliphatic carbocycles. The van der Waals surface area contributed by atoms with Gasteiger partial charge in [0.1, 0.15) is 5.75 Å². The van der Waals surface area contributed by atoms with Gasteiger partial charge in [-0.05, 0) is 66.9 Å². The van der Waals surface area contributed by atoms with Gasteiger partial charge >= 0.3 is 5.97 Å². The molecule has 1 amide bonds. The highest BCUT2D eigenvalue weighted by Gasteiger charge is 2.17. The Morgan fingerprint density at radius 1 is 0.711 bits per heavy atom. The van der Waals surface area contributed by atoms with Crippen LogP contribution >= 0.6 is 0 Å². The quantitative estimate of drug-likeness (QED) is 0.0407. The summed E-state index contributed by atoms with van der Waals surface area (Å²) in [4.78, 5) is 25.3. The summed E-state index contributed by atoms with van der Waals surface area (Å²) in [6.45, 7) is 5.27. The molecule has 0 saturated heterocycles. The van der Waals surface area contributed by atoms with Crippen LogP contribution in [0.2, 0.25) is 0 Å². The molecule has 3 rings (SSSR count). The molecule has 3 aromatic rings. The minimum atomic E-state index is -0.464. The lowest BCUT2D eigenvalue weighted by Gasteiger charge is -2.14. The first-order valence-electron chi connectivity index (χ1n) is 16.3. The molecule has 0 atom stereocenters. The van der Waals surface area contributed by atoms with Gasteiger partial charge in [-0.3, -0.25) is 4.79 Å². The lowest BCUT2D eigenvalue weighted by molar-refractivity contribution is 0.0734. The number of phenolic OH excluding ortho intramolecular Hbond substituents is 1. The van der Waals surface area contributed by atoms with Crippen LogP contribution in [0.25, 0.3) is 0 Å². The number of esters is 1. The van der Waals surface area contributed by atoms with Crippen molar-refractivity contribution in [3.63, 3.8) is 0 Å². The lowest BCUT2D eigenvalue weighted by atomic mass is 10.1. The van der Waals surface area contributed by atoms with E-state index in [1.807, 2.05) is 6.07 Å². The number of aromatic hydroxyl groups is 1. The molecule has 8 heteroatoms. The first-order chi connectivity index (χ1) is 22.0. The van der Waals surface area contributed by atoms with Crippen LogP contribution in [-0.2, 0) is 0 Å². The number of hydrazone groups is 1. The highest BCUT2D eigenvalue weighted by Crippen LogP contribution is 2.38. The van der Waals surface area contributed by atoms with Gasteiger partial charge in [-0.1, -0.05) is 96.3 Å². The number of amides is 1. The Bertz CT molecular complexity index is 1290. The van der Waals surface area contributed by atoms with Crippen molar-refractivity contribution in [2.75, 3.05) is 13.2 Å². The second-order valence-corrected chi connectivity index (χ2v) is 11.1. The fourth-order valence-electron chi connectivity index (χ4n) is 4.65. The molecule has 0 saturated carbocycles. The third-order valence-corrected chi connectivity index (χ3v) is 7.29. The SMILES string of the molecule is CCCCCCCCOc1cc(C(=O)N/N=C/c2ccc(OC(=O)c3ccccc3)cc2)cc(OCCCCCCCC)c1O. The Balaban J connectivity index is 1.59. The number of ether oxygens (including phenoxy) is 3. The van der Waals surface area contributed by atoms with Gasteiger partial charge in [0, 0.05) is 5.56 Å². The number of carbonyl (C=O) groups is 2. The first kappa shape index (κ1) is 35.2. The summed E-state index contributed by atoms with van der Waals surface area (Å²) >= 11 is 0. The lowest BCUT2D eigenvalue weighted by Crippen LogP contribution is -2.18. The van der Waals surface area contributed by atoms with Crippen LogP contribution in [0.1, 0.15) is 117 Å². The molecule has 0 bridgehead atoms. The van der Waals surface area contributed by atoms with Crippen molar-refractivity contribution in [1.29, 1.82) is 0 Å². The molecular formula is C37H48N2O6. The predicted octanol–water partition coefficient (Wildman–Crippen LogP) is 8.85. The van der Waals surface area contributed by atoms with E-state index in [0.717, 1.165) is 38.5 Å². The Hall–Kier alpha value is -4.33. The number of nitrogens with zero attached hydrogens (tertiary/aromatic N) is 1. The molecule has 45 heavy (non-hydrogen) atoms. The van der Waals surface area contributed by atoms with Crippen molar-refractivity contribution in [3.05, 3.63) is 83.4 Å². The molecule has 0 spiro atoms. The molecule has 0 aliphatic heterocycles. The zero-order chi connectivity index (χ0) is 32.1. The van der Waals surface area contributed by atoms with Crippen LogP contribution in [0.4, 0.5) is 0 Å². The van der Waals surface area contributed by atoms with Crippen LogP contribution in [0.15, 0.2) is 71.8 Å². The van der Waals surface area contributed by atoms with E-state index in [0.29, 0.717) is 30.1 Å². The van der Waals surface area contributed by atoms with Crippen LogP contribution < -0.4 is 19.6 Å². The molecule has 0 heterocycles. The largest absolute Gasteiger partial charge is 0.502 e. The summed E-state index contributed by atoms with van der Waals surface area (Å²) in [5.41, 5.74) is 3.97. The number of unbranched alkanes of at least 4 members (excludes halogenated alkanes) is 10. The van der Waals surface area contributed by atoms with Crippen LogP contribution in [-0.4, -0.2) is 36.4 Å². The minimum absolute atomic E-state index is 0.0972. The van der Waals surface area contributed by atoms with Gasteiger partial charge in [-0.2, -0.15) is 5.10 Å². The van der Waals surface area contributed by atoms with Gasteiger partial charge in [-0.15, -0.1) is 0 Å². The fourth-order valence-corrected chi connectivity index (χ4v) is 4.65. The molecule has 0 fully saturated rings. The summed E-state index contributed by atoms with van der Waals surface area (Å²) in [5.74, 6) is -0.161. The van der Waals surface area contributed by atoms with Gasteiger partial charge in [0.05, 0.1) is 25.0 Å². The summed E-state index contributed by atoms with van der Waals surface area (Å²) in [6, 6.07) is 18.6. The van der Waals surface area contributed by atoms with Gasteiger partial charge in [0.25, 0.3) is 5.91 Å². The fraction of sp³-hybridized carbons (Fsp3) is 0.432. The normalized spacial score (nSPS) is 11.0. The second kappa shape index (κ2) is 20.6. The Kier molecular flexibility index (Phi) is 16.1. The zero-order valence-electron chi connectivity index (χ0n) is 26.8. The third kappa shape index (κ3) is 13.1. The van der Waals surface area contributed by atoms with Crippen molar-refractivity contribution >= 4 is 18.1 Å². The third-order valence-electron chi connectivity index (χ3n) is 7.29. The highest BCUT2D eigenvalue weighted by atomic mass is 16.5. The van der Waals surface area contributed by atoms with Crippen molar-refractivity contribution < 1.29 is 28.9 Å². The van der Waals surface area contributed by atoms with E-state index in [9.17, 15) is 14.7 Å². The number of nitrogens with one attached hydrogen (secondary N) is 1. The number of benzene rings is 3. The van der Waals surface area contributed by atoms with E-state index in [2.05, 4.69) is 24.4 Å². The van der Waals surface area contributed by atoms with E-state index in [1.165, 1.54) is 56.9 Å². The van der Waals surface area contributed by atoms with E-state index in [1.54, 1.807) is 48.5 Å². The smallest absolute Gasteiger partial charge is 0.343 e. The van der Waals surface area contributed by atoms with E-state index in [4.69, 9.17) is 14.2 Å². The summed E-state index contributed by atoms with van der Waals surface area (Å²) in [5, 5.41) is 14.9. The Morgan fingerprint density at radius 3 is 1.80 bits per heavy atom. The maximum absolute atomic E-state index is 13.0. The molecule has 8 nitrogen and oxygen atoms in total. The first-order valence-corrected chi connectivity index (χ1v) is 16.3. The van der Waals surface area contributed by atoms with E-state index < -0.39 is 11.9 Å². The number of phenols is 1. The van der Waals surface area contributed by atoms with Gasteiger partial charge < -0.3 is 19.3 Å². The molecule has 0 unspecified atom stereocenters. The average molecular weight is 617 g/mol. The number of carbonyl (C=O) groups excluding carboxylic acids is 2. The number of rotatable bonds is 21. The van der Waals surface area contributed by atoms with Crippen LogP contribution in [0.3, 0.4) is 0 Å². The van der Waals surface area contributed by atoms with Crippen LogP contribution in [0, 0.1) is 0 Å². The average Bonchev–Trinajstić information content (AvgIpc) is 3.06. The molecule has 2 N–H and O–H groups in total. The van der Waals surface area contributed by atoms with Crippen LogP contribution in [0.5, 0.6) is 23.0 Å². The van der Waals surface area contributed by atoms with Gasteiger partial charge in [-0.25, -0.2) is 10.2 Å². The molecule has 0 aromatic heterocycles. The monoisotopic (exact) mass is 616 g/mol. The highest BCUT2D eigenvalue weighted by molar-refractivity contribution is 5.96. The van der Waals surface area contributed by atoms with Gasteiger partial charge in [0.15, 0.2) is 11.5 Å². The Morgan fingerprint density at radius 2 is 1.24 bits per heavy atom. The molecule has 3 aromatic carbocycles. The van der Waals surface area contributed by atoms with Crippen molar-refractivity contribution in [1.82, 2.24) is 5.43 Å². The molecule has 0 radical (unpaired) electrons. The van der Waals surface area contributed by atoms with Crippen molar-refractivity contribution in [2.24, 2.45) is 5.10 Å². The maximum Gasteiger partial charge on any atom is 0.343 e. The summed E-state index contributed by atoms with van der Waals surface area (Å²) in [7, 11) is 0.